The molecule has 2 aromatic carbocycles. The second-order valence-electron chi connectivity index (χ2n) is 8.31. The van der Waals surface area contributed by atoms with E-state index in [1.54, 1.807) is 29.8 Å². The van der Waals surface area contributed by atoms with Crippen LogP contribution >= 0.6 is 11.5 Å². The van der Waals surface area contributed by atoms with Crippen LogP contribution in [0.15, 0.2) is 54.0 Å². The molecule has 2 heterocycles. The maximum absolute atomic E-state index is 8.91. The molecule has 7 nitrogen and oxygen atoms in total. The van der Waals surface area contributed by atoms with E-state index in [0.29, 0.717) is 17.8 Å². The monoisotopic (exact) mass is 454 g/mol. The lowest BCUT2D eigenvalue weighted by Gasteiger charge is -2.32. The number of benzene rings is 2. The van der Waals surface area contributed by atoms with Crippen molar-refractivity contribution in [2.24, 2.45) is 0 Å². The fourth-order valence-corrected chi connectivity index (χ4v) is 3.49. The molecule has 4 rings (SSSR count). The largest absolute Gasteiger partial charge is 0.494 e. The van der Waals surface area contributed by atoms with Crippen molar-refractivity contribution in [1.82, 2.24) is 9.36 Å². The van der Waals surface area contributed by atoms with Crippen molar-refractivity contribution >= 4 is 36.7 Å². The molecule has 1 saturated heterocycles. The summed E-state index contributed by atoms with van der Waals surface area (Å²) in [6, 6.07) is 14.9. The summed E-state index contributed by atoms with van der Waals surface area (Å²) in [6.45, 7) is 10.6. The van der Waals surface area contributed by atoms with Crippen molar-refractivity contribution in [2.75, 3.05) is 6.61 Å². The van der Waals surface area contributed by atoms with E-state index < -0.39 is 7.12 Å². The molecule has 0 unspecified atom stereocenters. The molecular formula is C22H28B2N2O5S. The summed E-state index contributed by atoms with van der Waals surface area (Å²) in [4.78, 5) is 4.20. The van der Waals surface area contributed by atoms with Gasteiger partial charge in [0.15, 0.2) is 5.82 Å². The lowest BCUT2D eigenvalue weighted by molar-refractivity contribution is 0.00578. The van der Waals surface area contributed by atoms with Crippen LogP contribution in [0.25, 0.3) is 11.4 Å². The van der Waals surface area contributed by atoms with Gasteiger partial charge < -0.3 is 24.1 Å². The Bertz CT molecular complexity index is 982. The van der Waals surface area contributed by atoms with Crippen LogP contribution in [0, 0.1) is 0 Å². The molecule has 0 radical (unpaired) electrons. The van der Waals surface area contributed by atoms with Crippen LogP contribution in [-0.4, -0.2) is 51.5 Å². The molecule has 3 aromatic rings. The van der Waals surface area contributed by atoms with E-state index in [9.17, 15) is 0 Å². The fourth-order valence-electron chi connectivity index (χ4n) is 3.05. The Balaban J connectivity index is 0.000000207. The topological polar surface area (TPSA) is 93.9 Å². The summed E-state index contributed by atoms with van der Waals surface area (Å²) < 4.78 is 21.5. The van der Waals surface area contributed by atoms with Crippen molar-refractivity contribution in [1.29, 1.82) is 0 Å². The lowest BCUT2D eigenvalue weighted by atomic mass is 9.79. The summed E-state index contributed by atoms with van der Waals surface area (Å²) >= 11 is 1.35. The second kappa shape index (κ2) is 10.1. The van der Waals surface area contributed by atoms with Gasteiger partial charge in [-0.25, -0.2) is 4.98 Å². The smallest absolute Gasteiger partial charge is 0.494 e. The van der Waals surface area contributed by atoms with Crippen LogP contribution in [0.1, 0.15) is 34.6 Å². The lowest BCUT2D eigenvalue weighted by Crippen LogP contribution is -2.41. The Morgan fingerprint density at radius 1 is 1.00 bits per heavy atom. The van der Waals surface area contributed by atoms with Gasteiger partial charge in [-0.1, -0.05) is 42.5 Å². The number of para-hydroxylation sites is 1. The van der Waals surface area contributed by atoms with Crippen LogP contribution in [-0.2, 0) is 9.31 Å². The molecule has 32 heavy (non-hydrogen) atoms. The zero-order chi connectivity index (χ0) is 23.4. The third-order valence-electron chi connectivity index (χ3n) is 5.55. The average Bonchev–Trinajstić information content (AvgIpc) is 3.35. The summed E-state index contributed by atoms with van der Waals surface area (Å²) in [5, 5.41) is 17.8. The van der Waals surface area contributed by atoms with Gasteiger partial charge in [0, 0.05) is 11.0 Å². The maximum atomic E-state index is 8.91. The van der Waals surface area contributed by atoms with Gasteiger partial charge >= 0.3 is 14.2 Å². The molecular weight excluding hydrogens is 426 g/mol. The molecule has 0 atom stereocenters. The second-order valence-corrected chi connectivity index (χ2v) is 8.91. The molecule has 1 fully saturated rings. The number of hydrogen-bond donors (Lipinski definition) is 2. The highest BCUT2D eigenvalue weighted by atomic mass is 32.1. The van der Waals surface area contributed by atoms with Crippen molar-refractivity contribution in [2.45, 2.75) is 45.8 Å². The molecule has 0 aliphatic carbocycles. The van der Waals surface area contributed by atoms with Gasteiger partial charge in [0.1, 0.15) is 11.3 Å². The van der Waals surface area contributed by atoms with E-state index in [1.165, 1.54) is 11.5 Å². The van der Waals surface area contributed by atoms with Crippen molar-refractivity contribution in [3.8, 4) is 17.1 Å². The molecule has 0 saturated carbocycles. The molecule has 0 amide bonds. The standard InChI is InChI=1S/C14H17BN2O2S.C8H11BO3/c1-13(2)14(3,4)19-15(18-13)11-7-5-10(6-8-11)12-16-9-20-17-12;1-2-12-8-6-4-3-5-7(8)9(10)11/h5-9H,1-4H3;3-6,10-11H,2H2,1H3. The average molecular weight is 454 g/mol. The minimum atomic E-state index is -1.47. The van der Waals surface area contributed by atoms with Crippen molar-refractivity contribution in [3.63, 3.8) is 0 Å². The summed E-state index contributed by atoms with van der Waals surface area (Å²) in [7, 11) is -1.79. The van der Waals surface area contributed by atoms with E-state index in [2.05, 4.69) is 37.1 Å². The van der Waals surface area contributed by atoms with Gasteiger partial charge in [0.2, 0.25) is 0 Å². The third kappa shape index (κ3) is 5.57. The molecule has 10 heteroatoms. The maximum Gasteiger partial charge on any atom is 0.494 e. The Kier molecular flexibility index (Phi) is 7.74. The number of hydrogen-bond acceptors (Lipinski definition) is 8. The Morgan fingerprint density at radius 2 is 1.62 bits per heavy atom. The fraction of sp³-hybridized carbons (Fsp3) is 0.364. The molecule has 168 valence electrons. The highest BCUT2D eigenvalue weighted by Crippen LogP contribution is 2.36. The number of nitrogens with zero attached hydrogens (tertiary/aromatic N) is 2. The Hall–Kier alpha value is -2.23. The zero-order valence-electron chi connectivity index (χ0n) is 19.0. The minimum absolute atomic E-state index is 0.313. The van der Waals surface area contributed by atoms with Gasteiger partial charge in [0.25, 0.3) is 0 Å². The van der Waals surface area contributed by atoms with E-state index >= 15 is 0 Å². The number of ether oxygens (including phenoxy) is 1. The molecule has 1 aromatic heterocycles. The normalized spacial score (nSPS) is 16.3. The first-order valence-corrected chi connectivity index (χ1v) is 11.3. The van der Waals surface area contributed by atoms with E-state index in [0.717, 1.165) is 16.9 Å². The van der Waals surface area contributed by atoms with Gasteiger partial charge in [0.05, 0.1) is 17.8 Å². The zero-order valence-corrected chi connectivity index (χ0v) is 19.8. The van der Waals surface area contributed by atoms with Crippen LogP contribution in [0.4, 0.5) is 0 Å². The van der Waals surface area contributed by atoms with Crippen LogP contribution in [0.5, 0.6) is 5.75 Å². The summed E-state index contributed by atoms with van der Waals surface area (Å²) in [5.74, 6) is 1.28. The van der Waals surface area contributed by atoms with Gasteiger partial charge in [-0.3, -0.25) is 0 Å². The highest BCUT2D eigenvalue weighted by Gasteiger charge is 2.51. The molecule has 2 N–H and O–H groups in total. The molecule has 0 bridgehead atoms. The number of rotatable bonds is 5. The van der Waals surface area contributed by atoms with Crippen LogP contribution in [0.3, 0.4) is 0 Å². The SMILES string of the molecule is CC1(C)OB(c2ccc(-c3ncsn3)cc2)OC1(C)C.CCOc1ccccc1B(O)O. The van der Waals surface area contributed by atoms with Crippen molar-refractivity contribution in [3.05, 3.63) is 54.0 Å². The van der Waals surface area contributed by atoms with Crippen molar-refractivity contribution < 1.29 is 24.1 Å². The van der Waals surface area contributed by atoms with Gasteiger partial charge in [-0.05, 0) is 57.7 Å². The molecule has 1 aliphatic rings. The Morgan fingerprint density at radius 3 is 2.16 bits per heavy atom. The van der Waals surface area contributed by atoms with Gasteiger partial charge in [-0.2, -0.15) is 4.37 Å². The predicted octanol–water partition coefficient (Wildman–Crippen LogP) is 2.27. The van der Waals surface area contributed by atoms with Crippen LogP contribution in [0.2, 0.25) is 0 Å². The highest BCUT2D eigenvalue weighted by molar-refractivity contribution is 7.03. The quantitative estimate of drug-likeness (QED) is 0.572. The summed E-state index contributed by atoms with van der Waals surface area (Å²) in [5.41, 5.74) is 3.53. The Labute approximate surface area is 193 Å². The molecule has 0 spiro atoms. The predicted molar refractivity (Wildman–Crippen MR) is 128 cm³/mol. The van der Waals surface area contributed by atoms with E-state index in [4.69, 9.17) is 24.1 Å². The molecule has 1 aliphatic heterocycles. The summed E-state index contributed by atoms with van der Waals surface area (Å²) in [6.07, 6.45) is 0. The first-order valence-electron chi connectivity index (χ1n) is 10.4. The third-order valence-corrected chi connectivity index (χ3v) is 6.03. The van der Waals surface area contributed by atoms with Gasteiger partial charge in [-0.15, -0.1) is 0 Å². The van der Waals surface area contributed by atoms with E-state index in [1.807, 2.05) is 31.2 Å². The number of aromatic nitrogens is 2. The first-order chi connectivity index (χ1) is 15.1. The van der Waals surface area contributed by atoms with E-state index in [-0.39, 0.29) is 18.3 Å². The minimum Gasteiger partial charge on any atom is -0.494 e. The first kappa shape index (κ1) is 24.4. The van der Waals surface area contributed by atoms with Crippen LogP contribution < -0.4 is 15.7 Å².